The summed E-state index contributed by atoms with van der Waals surface area (Å²) in [6.07, 6.45) is 3.00. The van der Waals surface area contributed by atoms with Crippen molar-refractivity contribution in [2.45, 2.75) is 37.7 Å². The summed E-state index contributed by atoms with van der Waals surface area (Å²) >= 11 is 0. The van der Waals surface area contributed by atoms with Gasteiger partial charge >= 0.3 is 5.97 Å². The molecule has 0 saturated heterocycles. The summed E-state index contributed by atoms with van der Waals surface area (Å²) in [7, 11) is 0. The maximum atomic E-state index is 10.8. The Kier molecular flexibility index (Phi) is 7.30. The fourth-order valence-corrected chi connectivity index (χ4v) is 2.37. The van der Waals surface area contributed by atoms with Gasteiger partial charge in [-0.15, -0.1) is 0 Å². The zero-order valence-electron chi connectivity index (χ0n) is 11.3. The first kappa shape index (κ1) is 16.4. The molecule has 6 heteroatoms. The molecule has 0 aromatic heterocycles. The smallest absolute Gasteiger partial charge is 0.306 e. The normalized spacial score (nSPS) is 27.4. The van der Waals surface area contributed by atoms with Crippen LogP contribution in [0.4, 0.5) is 0 Å². The molecule has 0 unspecified atom stereocenters. The summed E-state index contributed by atoms with van der Waals surface area (Å²) in [6, 6.07) is 0. The van der Waals surface area contributed by atoms with Crippen molar-refractivity contribution in [1.29, 1.82) is 0 Å². The minimum atomic E-state index is -0.766. The van der Waals surface area contributed by atoms with Gasteiger partial charge in [-0.25, -0.2) is 0 Å². The second-order valence-corrected chi connectivity index (χ2v) is 5.20. The molecule has 0 radical (unpaired) electrons. The molecule has 1 saturated carbocycles. The van der Waals surface area contributed by atoms with Crippen molar-refractivity contribution in [3.8, 4) is 0 Å². The Morgan fingerprint density at radius 3 is 2.58 bits per heavy atom. The van der Waals surface area contributed by atoms with E-state index in [1.165, 1.54) is 0 Å². The van der Waals surface area contributed by atoms with E-state index in [-0.39, 0.29) is 12.5 Å². The fraction of sp³-hybridized carbons (Fsp3) is 0.923. The van der Waals surface area contributed by atoms with Gasteiger partial charge in [-0.1, -0.05) is 0 Å². The molecule has 19 heavy (non-hydrogen) atoms. The number of hydrogen-bond acceptors (Lipinski definition) is 5. The van der Waals surface area contributed by atoms with Crippen molar-refractivity contribution >= 4 is 5.97 Å². The summed E-state index contributed by atoms with van der Waals surface area (Å²) in [6.45, 7) is 2.24. The van der Waals surface area contributed by atoms with E-state index in [4.69, 9.17) is 14.9 Å². The lowest BCUT2D eigenvalue weighted by Crippen LogP contribution is -2.44. The van der Waals surface area contributed by atoms with Crippen molar-refractivity contribution in [3.05, 3.63) is 0 Å². The summed E-state index contributed by atoms with van der Waals surface area (Å²) in [4.78, 5) is 10.8. The van der Waals surface area contributed by atoms with Gasteiger partial charge in [-0.2, -0.15) is 0 Å². The molecule has 4 N–H and O–H groups in total. The fourth-order valence-electron chi connectivity index (χ4n) is 2.37. The van der Waals surface area contributed by atoms with E-state index < -0.39 is 11.6 Å². The molecule has 0 heterocycles. The molecular weight excluding hydrogens is 250 g/mol. The number of nitrogens with one attached hydrogen (secondary N) is 1. The largest absolute Gasteiger partial charge is 0.481 e. The van der Waals surface area contributed by atoms with Gasteiger partial charge < -0.3 is 25.4 Å². The molecule has 0 aromatic rings. The highest BCUT2D eigenvalue weighted by atomic mass is 16.5. The molecule has 0 aliphatic heterocycles. The predicted octanol–water partition coefficient (Wildman–Crippen LogP) is -0.0191. The van der Waals surface area contributed by atoms with Crippen LogP contribution in [0.3, 0.4) is 0 Å². The molecule has 1 aliphatic carbocycles. The Morgan fingerprint density at radius 2 is 2.00 bits per heavy atom. The Hall–Kier alpha value is -0.690. The average Bonchev–Trinajstić information content (AvgIpc) is 2.38. The van der Waals surface area contributed by atoms with Gasteiger partial charge in [0.2, 0.25) is 0 Å². The number of aliphatic hydroxyl groups excluding tert-OH is 1. The first-order chi connectivity index (χ1) is 9.07. The Bertz CT molecular complexity index is 264. The van der Waals surface area contributed by atoms with Crippen molar-refractivity contribution in [3.63, 3.8) is 0 Å². The summed E-state index contributed by atoms with van der Waals surface area (Å²) in [5.41, 5.74) is -0.766. The van der Waals surface area contributed by atoms with E-state index in [2.05, 4.69) is 5.32 Å². The highest BCUT2D eigenvalue weighted by Crippen LogP contribution is 2.31. The molecule has 0 amide bonds. The number of carbonyl (C=O) groups is 1. The molecule has 0 atom stereocenters. The van der Waals surface area contributed by atoms with Crippen LogP contribution in [0.1, 0.15) is 32.1 Å². The van der Waals surface area contributed by atoms with E-state index in [1.54, 1.807) is 0 Å². The maximum absolute atomic E-state index is 10.8. The summed E-state index contributed by atoms with van der Waals surface area (Å²) < 4.78 is 5.12. The highest BCUT2D eigenvalue weighted by molar-refractivity contribution is 5.70. The molecular formula is C13H25NO5. The highest BCUT2D eigenvalue weighted by Gasteiger charge is 2.35. The molecule has 0 aromatic carbocycles. The van der Waals surface area contributed by atoms with Crippen LogP contribution in [0.2, 0.25) is 0 Å². The van der Waals surface area contributed by atoms with Crippen LogP contribution >= 0.6 is 0 Å². The number of carboxylic acid groups (broad SMARTS) is 1. The van der Waals surface area contributed by atoms with Crippen molar-refractivity contribution < 1.29 is 24.9 Å². The summed E-state index contributed by atoms with van der Waals surface area (Å²) in [5.74, 6) is -1.05. The van der Waals surface area contributed by atoms with Gasteiger partial charge in [0, 0.05) is 13.2 Å². The number of carboxylic acids is 1. The van der Waals surface area contributed by atoms with E-state index in [0.29, 0.717) is 45.4 Å². The van der Waals surface area contributed by atoms with Crippen LogP contribution < -0.4 is 5.32 Å². The lowest BCUT2D eigenvalue weighted by molar-refractivity contribution is -0.144. The molecule has 6 nitrogen and oxygen atoms in total. The zero-order valence-corrected chi connectivity index (χ0v) is 11.3. The van der Waals surface area contributed by atoms with Crippen LogP contribution in [0.5, 0.6) is 0 Å². The Morgan fingerprint density at radius 1 is 1.32 bits per heavy atom. The number of hydrogen-bond donors (Lipinski definition) is 4. The molecule has 0 bridgehead atoms. The van der Waals surface area contributed by atoms with Gasteiger partial charge in [0.05, 0.1) is 24.7 Å². The number of aliphatic hydroxyl groups is 2. The third-order valence-corrected chi connectivity index (χ3v) is 3.60. The molecule has 1 fully saturated rings. The van der Waals surface area contributed by atoms with E-state index in [0.717, 1.165) is 13.0 Å². The molecule has 1 rings (SSSR count). The number of ether oxygens (including phenoxy) is 1. The average molecular weight is 275 g/mol. The van der Waals surface area contributed by atoms with Crippen LogP contribution in [-0.2, 0) is 9.53 Å². The Labute approximate surface area is 113 Å². The van der Waals surface area contributed by atoms with Gasteiger partial charge in [0.1, 0.15) is 0 Å². The standard InChI is InChI=1S/C13H25NO5/c15-7-9-19-8-1-6-14-10-13(18)4-2-11(3-5-13)12(16)17/h11,14-15,18H,1-10H2,(H,16,17). The van der Waals surface area contributed by atoms with Crippen LogP contribution in [-0.4, -0.2) is 59.8 Å². The van der Waals surface area contributed by atoms with E-state index in [1.807, 2.05) is 0 Å². The predicted molar refractivity (Wildman–Crippen MR) is 69.9 cm³/mol. The van der Waals surface area contributed by atoms with Crippen LogP contribution in [0, 0.1) is 5.92 Å². The van der Waals surface area contributed by atoms with Gasteiger partial charge in [0.25, 0.3) is 0 Å². The van der Waals surface area contributed by atoms with Crippen molar-refractivity contribution in [1.82, 2.24) is 5.32 Å². The summed E-state index contributed by atoms with van der Waals surface area (Å²) in [5, 5.41) is 30.9. The van der Waals surface area contributed by atoms with Gasteiger partial charge in [0.15, 0.2) is 0 Å². The van der Waals surface area contributed by atoms with Gasteiger partial charge in [-0.05, 0) is 38.6 Å². The zero-order chi connectivity index (χ0) is 14.1. The first-order valence-electron chi connectivity index (χ1n) is 6.92. The number of aliphatic carboxylic acids is 1. The number of rotatable bonds is 9. The van der Waals surface area contributed by atoms with Crippen LogP contribution in [0.15, 0.2) is 0 Å². The van der Waals surface area contributed by atoms with Gasteiger partial charge in [-0.3, -0.25) is 4.79 Å². The maximum Gasteiger partial charge on any atom is 0.306 e. The van der Waals surface area contributed by atoms with E-state index >= 15 is 0 Å². The molecule has 112 valence electrons. The second kappa shape index (κ2) is 8.47. The third kappa shape index (κ3) is 6.33. The second-order valence-electron chi connectivity index (χ2n) is 5.20. The molecule has 0 spiro atoms. The monoisotopic (exact) mass is 275 g/mol. The SMILES string of the molecule is O=C(O)C1CCC(O)(CNCCCOCCO)CC1. The molecule has 1 aliphatic rings. The minimum absolute atomic E-state index is 0.0396. The quantitative estimate of drug-likeness (QED) is 0.441. The lowest BCUT2D eigenvalue weighted by atomic mass is 9.79. The topological polar surface area (TPSA) is 99.0 Å². The Balaban J connectivity index is 2.07. The van der Waals surface area contributed by atoms with Crippen LogP contribution in [0.25, 0.3) is 0 Å². The van der Waals surface area contributed by atoms with Crippen molar-refractivity contribution in [2.75, 3.05) is 32.9 Å². The lowest BCUT2D eigenvalue weighted by Gasteiger charge is -2.34. The van der Waals surface area contributed by atoms with Crippen molar-refractivity contribution in [2.24, 2.45) is 5.92 Å². The first-order valence-corrected chi connectivity index (χ1v) is 6.92. The van der Waals surface area contributed by atoms with E-state index in [9.17, 15) is 9.90 Å². The third-order valence-electron chi connectivity index (χ3n) is 3.60. The minimum Gasteiger partial charge on any atom is -0.481 e.